The van der Waals surface area contributed by atoms with Crippen LogP contribution < -0.4 is 0 Å². The lowest BCUT2D eigenvalue weighted by atomic mass is 10.6. The fourth-order valence-corrected chi connectivity index (χ4v) is 2.03. The molecule has 2 atom stereocenters. The van der Waals surface area contributed by atoms with Crippen molar-refractivity contribution in [3.05, 3.63) is 0 Å². The molecule has 2 unspecified atom stereocenters. The summed E-state index contributed by atoms with van der Waals surface area (Å²) in [6, 6.07) is 0. The normalized spacial score (nSPS) is 33.9. The van der Waals surface area contributed by atoms with Crippen molar-refractivity contribution >= 4 is 29.3 Å². The van der Waals surface area contributed by atoms with E-state index in [0.29, 0.717) is 0 Å². The van der Waals surface area contributed by atoms with Gasteiger partial charge in [0.2, 0.25) is 0 Å². The molecule has 1 rings (SSSR count). The molecule has 1 heterocycles. The first-order valence-electron chi connectivity index (χ1n) is 4.06. The summed E-state index contributed by atoms with van der Waals surface area (Å²) in [5.41, 5.74) is 0. The zero-order valence-corrected chi connectivity index (χ0v) is 9.62. The Hall–Kier alpha value is -0.150. The molecule has 0 aromatic rings. The Morgan fingerprint density at radius 2 is 2.29 bits per heavy atom. The van der Waals surface area contributed by atoms with Crippen LogP contribution in [0.25, 0.3) is 0 Å². The minimum Gasteiger partial charge on any atom is -0.462 e. The van der Waals surface area contributed by atoms with Gasteiger partial charge in [-0.1, -0.05) is 0 Å². The maximum absolute atomic E-state index is 10.6. The molecule has 8 heteroatoms. The van der Waals surface area contributed by atoms with Gasteiger partial charge in [0.25, 0.3) is 10.1 Å². The van der Waals surface area contributed by atoms with Gasteiger partial charge in [0, 0.05) is 7.05 Å². The van der Waals surface area contributed by atoms with E-state index in [-0.39, 0.29) is 22.5 Å². The van der Waals surface area contributed by atoms with Crippen molar-refractivity contribution < 1.29 is 17.0 Å². The van der Waals surface area contributed by atoms with Crippen molar-refractivity contribution in [3.8, 4) is 0 Å². The molecule has 82 valence electrons. The van der Waals surface area contributed by atoms with E-state index < -0.39 is 10.1 Å². The second-order valence-corrected chi connectivity index (χ2v) is 5.44. The summed E-state index contributed by atoms with van der Waals surface area (Å²) in [6.45, 7) is 1.97. The Kier molecular flexibility index (Phi) is 3.22. The zero-order chi connectivity index (χ0) is 11.0. The molecule has 0 amide bonds. The molecule has 1 aliphatic heterocycles. The summed E-state index contributed by atoms with van der Waals surface area (Å²) in [6.07, 6.45) is 1.44. The predicted octanol–water partition coefficient (Wildman–Crippen LogP) is -0.612. The van der Waals surface area contributed by atoms with Gasteiger partial charge < -0.3 is 16.8 Å². The van der Waals surface area contributed by atoms with Crippen molar-refractivity contribution in [2.24, 2.45) is 4.99 Å². The zero-order valence-electron chi connectivity index (χ0n) is 7.99. The van der Waals surface area contributed by atoms with Crippen molar-refractivity contribution in [3.63, 3.8) is 0 Å². The lowest BCUT2D eigenvalue weighted by molar-refractivity contribution is -0.820. The largest absolute Gasteiger partial charge is 0.462 e. The van der Waals surface area contributed by atoms with E-state index in [1.165, 1.54) is 6.34 Å². The molecule has 0 fully saturated rings. The fraction of sp³-hybridized carbons (Fsp3) is 0.833. The first-order valence-corrected chi connectivity index (χ1v) is 6.04. The van der Waals surface area contributed by atoms with Crippen LogP contribution in [0.1, 0.15) is 6.92 Å². The quantitative estimate of drug-likeness (QED) is 0.404. The molecule has 6 nitrogen and oxygen atoms in total. The second kappa shape index (κ2) is 3.78. The Morgan fingerprint density at radius 3 is 2.64 bits per heavy atom. The van der Waals surface area contributed by atoms with Crippen LogP contribution in [0.3, 0.4) is 0 Å². The van der Waals surface area contributed by atoms with Crippen LogP contribution in [0.15, 0.2) is 4.99 Å². The number of nitrogens with zero attached hydrogens (tertiary/aromatic N) is 3. The molecule has 1 aliphatic rings. The van der Waals surface area contributed by atoms with Crippen LogP contribution in [0, 0.1) is 0 Å². The molecule has 0 bridgehead atoms. The molecule has 0 aromatic heterocycles. The maximum Gasteiger partial charge on any atom is 0.270 e. The van der Waals surface area contributed by atoms with Crippen LogP contribution in [-0.2, 0) is 22.9 Å². The van der Waals surface area contributed by atoms with Gasteiger partial charge >= 0.3 is 0 Å². The third-order valence-corrected chi connectivity index (χ3v) is 3.44. The van der Waals surface area contributed by atoms with Gasteiger partial charge in [0.05, 0.1) is 0 Å². The SMILES string of the molecule is CC1N=C[N+]([S-])(CCS(=O)(=O)O)N1C. The number of hydrogen-bond donors (Lipinski definition) is 1. The molecule has 14 heavy (non-hydrogen) atoms. The van der Waals surface area contributed by atoms with Gasteiger partial charge in [-0.05, 0) is 6.92 Å². The van der Waals surface area contributed by atoms with Gasteiger partial charge in [-0.2, -0.15) is 8.42 Å². The Bertz CT molecular complexity index is 342. The Balaban J connectivity index is 2.65. The minimum atomic E-state index is -3.96. The molecule has 0 saturated heterocycles. The Morgan fingerprint density at radius 1 is 1.71 bits per heavy atom. The molecule has 0 spiro atoms. The first kappa shape index (κ1) is 11.9. The van der Waals surface area contributed by atoms with Crippen LogP contribution >= 0.6 is 0 Å². The van der Waals surface area contributed by atoms with E-state index in [0.717, 1.165) is 0 Å². The van der Waals surface area contributed by atoms with Crippen molar-refractivity contribution in [1.82, 2.24) is 5.01 Å². The highest BCUT2D eigenvalue weighted by Crippen LogP contribution is 2.17. The molecule has 0 radical (unpaired) electrons. The number of quaternary nitrogens is 1. The fourth-order valence-electron chi connectivity index (χ4n) is 1.12. The topological polar surface area (TPSA) is 70.0 Å². The van der Waals surface area contributed by atoms with E-state index in [1.54, 1.807) is 12.1 Å². The minimum absolute atomic E-state index is 0.0612. The first-order chi connectivity index (χ1) is 6.25. The summed E-state index contributed by atoms with van der Waals surface area (Å²) in [4.78, 5) is 4.06. The van der Waals surface area contributed by atoms with Gasteiger partial charge in [0.15, 0.2) is 6.34 Å². The average Bonchev–Trinajstić information content (AvgIpc) is 2.30. The van der Waals surface area contributed by atoms with Crippen molar-refractivity contribution in [1.29, 1.82) is 0 Å². The summed E-state index contributed by atoms with van der Waals surface area (Å²) in [5.74, 6) is -0.362. The lowest BCUT2D eigenvalue weighted by Crippen LogP contribution is -2.53. The van der Waals surface area contributed by atoms with E-state index in [9.17, 15) is 8.42 Å². The highest BCUT2D eigenvalue weighted by atomic mass is 32.2. The van der Waals surface area contributed by atoms with Gasteiger partial charge in [0.1, 0.15) is 18.5 Å². The maximum atomic E-state index is 10.6. The van der Waals surface area contributed by atoms with E-state index >= 15 is 0 Å². The molecular formula is C6H13N3O3S2. The van der Waals surface area contributed by atoms with E-state index in [1.807, 2.05) is 6.92 Å². The summed E-state index contributed by atoms with van der Waals surface area (Å²) < 4.78 is 29.6. The smallest absolute Gasteiger partial charge is 0.270 e. The summed E-state index contributed by atoms with van der Waals surface area (Å²) >= 11 is 5.17. The van der Waals surface area contributed by atoms with Crippen LogP contribution in [0.5, 0.6) is 0 Å². The van der Waals surface area contributed by atoms with E-state index in [4.69, 9.17) is 17.4 Å². The third kappa shape index (κ3) is 2.67. The second-order valence-electron chi connectivity index (χ2n) is 3.24. The van der Waals surface area contributed by atoms with Gasteiger partial charge in [-0.3, -0.25) is 4.55 Å². The molecular weight excluding hydrogens is 226 g/mol. The number of aliphatic imine (C=N–C) groups is 1. The van der Waals surface area contributed by atoms with Gasteiger partial charge in [-0.15, -0.1) is 5.01 Å². The molecule has 0 aliphatic carbocycles. The standard InChI is InChI=1S/C6H13N3O3S2/c1-6-7-5-9(13,8(6)2)3-4-14(10,11)12/h5-6H,3-4H2,1-2H3,(H,10,11,12). The highest BCUT2D eigenvalue weighted by molar-refractivity contribution is 7.85. The number of hydrogen-bond acceptors (Lipinski definition) is 5. The van der Waals surface area contributed by atoms with Crippen LogP contribution in [0.4, 0.5) is 0 Å². The molecule has 1 N–H and O–H groups in total. The summed E-state index contributed by atoms with van der Waals surface area (Å²) in [5, 5.41) is 1.74. The Labute approximate surface area is 89.1 Å². The van der Waals surface area contributed by atoms with Crippen LogP contribution in [0.2, 0.25) is 0 Å². The summed E-state index contributed by atoms with van der Waals surface area (Å²) in [7, 11) is -2.20. The molecule has 0 aromatic carbocycles. The van der Waals surface area contributed by atoms with Crippen LogP contribution in [-0.4, -0.2) is 53.8 Å². The van der Waals surface area contributed by atoms with Crippen molar-refractivity contribution in [2.75, 3.05) is 19.3 Å². The van der Waals surface area contributed by atoms with E-state index in [2.05, 4.69) is 4.99 Å². The lowest BCUT2D eigenvalue weighted by Gasteiger charge is -2.42. The third-order valence-electron chi connectivity index (χ3n) is 2.21. The average molecular weight is 239 g/mol. The molecule has 0 saturated carbocycles. The number of rotatable bonds is 3. The monoisotopic (exact) mass is 239 g/mol. The predicted molar refractivity (Wildman–Crippen MR) is 54.6 cm³/mol. The van der Waals surface area contributed by atoms with Crippen molar-refractivity contribution in [2.45, 2.75) is 13.1 Å². The van der Waals surface area contributed by atoms with Gasteiger partial charge in [-0.25, -0.2) is 4.99 Å². The highest BCUT2D eigenvalue weighted by Gasteiger charge is 2.30.